The van der Waals surface area contributed by atoms with Crippen LogP contribution in [0.1, 0.15) is 13.3 Å². The lowest BCUT2D eigenvalue weighted by atomic mass is 10.1. The van der Waals surface area contributed by atoms with Crippen molar-refractivity contribution in [3.8, 4) is 0 Å². The van der Waals surface area contributed by atoms with Gasteiger partial charge in [0, 0.05) is 19.6 Å². The number of carbonyl (C=O) groups is 2. The molecule has 0 aromatic rings. The van der Waals surface area contributed by atoms with E-state index in [4.69, 9.17) is 5.73 Å². The van der Waals surface area contributed by atoms with Gasteiger partial charge in [-0.25, -0.2) is 4.79 Å². The highest BCUT2D eigenvalue weighted by molar-refractivity contribution is 5.95. The Bertz CT molecular complexity index is 275. The Morgan fingerprint density at radius 3 is 2.59 bits per heavy atom. The summed E-state index contributed by atoms with van der Waals surface area (Å²) in [5, 5.41) is 4.59. The Labute approximate surface area is 108 Å². The molecule has 1 rings (SSSR count). The van der Waals surface area contributed by atoms with E-state index in [1.54, 1.807) is 0 Å². The number of nitrogens with two attached hydrogens (primary N) is 1. The number of hydrogen-bond acceptors (Lipinski definition) is 4. The largest absolute Gasteiger partial charge is 0.341 e. The zero-order valence-electron chi connectivity index (χ0n) is 10.2. The lowest BCUT2D eigenvalue weighted by Crippen LogP contribution is -2.44. The van der Waals surface area contributed by atoms with Gasteiger partial charge in [0.15, 0.2) is 0 Å². The van der Waals surface area contributed by atoms with Crippen LogP contribution < -0.4 is 16.4 Å². The summed E-state index contributed by atoms with van der Waals surface area (Å²) in [5.74, 6) is 0.187. The van der Waals surface area contributed by atoms with Crippen LogP contribution in [0, 0.1) is 5.92 Å². The third-order valence-corrected chi connectivity index (χ3v) is 2.95. The van der Waals surface area contributed by atoms with E-state index in [-0.39, 0.29) is 24.9 Å². The van der Waals surface area contributed by atoms with Crippen LogP contribution in [0.2, 0.25) is 0 Å². The van der Waals surface area contributed by atoms with E-state index in [2.05, 4.69) is 22.5 Å². The minimum absolute atomic E-state index is 0. The highest BCUT2D eigenvalue weighted by atomic mass is 35.5. The highest BCUT2D eigenvalue weighted by Gasteiger charge is 2.29. The number of carbonyl (C=O) groups excluding carboxylic acids is 2. The van der Waals surface area contributed by atoms with Gasteiger partial charge in [-0.05, 0) is 25.8 Å². The molecule has 0 bridgehead atoms. The molecule has 2 atom stereocenters. The number of nitrogens with zero attached hydrogens (tertiary/aromatic N) is 1. The predicted molar refractivity (Wildman–Crippen MR) is 68.0 cm³/mol. The van der Waals surface area contributed by atoms with Crippen molar-refractivity contribution in [1.82, 2.24) is 15.5 Å². The standard InChI is InChI=1S/C10H20N4O2.ClH/c1-7-3-8(4-11)5-14(7)6-9(15)13-10(16)12-2;/h7-8H,3-6,11H2,1-2H3,(H2,12,13,15,16);1H. The molecule has 2 unspecified atom stereocenters. The first-order chi connectivity index (χ1) is 7.56. The maximum Gasteiger partial charge on any atom is 0.321 e. The van der Waals surface area contributed by atoms with Crippen molar-refractivity contribution in [3.63, 3.8) is 0 Å². The van der Waals surface area contributed by atoms with Crippen LogP contribution in [0.25, 0.3) is 0 Å². The van der Waals surface area contributed by atoms with Gasteiger partial charge in [0.2, 0.25) is 5.91 Å². The van der Waals surface area contributed by atoms with Crippen LogP contribution >= 0.6 is 12.4 Å². The molecule has 1 fully saturated rings. The molecule has 0 aliphatic carbocycles. The van der Waals surface area contributed by atoms with Gasteiger partial charge in [0.1, 0.15) is 0 Å². The average Bonchev–Trinajstić information content (AvgIpc) is 2.59. The second kappa shape index (κ2) is 7.47. The van der Waals surface area contributed by atoms with E-state index >= 15 is 0 Å². The fourth-order valence-electron chi connectivity index (χ4n) is 2.02. The number of likely N-dealkylation sites (tertiary alicyclic amines) is 1. The normalized spacial score (nSPS) is 23.9. The number of nitrogens with one attached hydrogen (secondary N) is 2. The highest BCUT2D eigenvalue weighted by Crippen LogP contribution is 2.21. The quantitative estimate of drug-likeness (QED) is 0.643. The monoisotopic (exact) mass is 264 g/mol. The first-order valence-corrected chi connectivity index (χ1v) is 5.52. The fraction of sp³-hybridized carbons (Fsp3) is 0.800. The van der Waals surface area contributed by atoms with Crippen LogP contribution in [0.3, 0.4) is 0 Å². The van der Waals surface area contributed by atoms with Gasteiger partial charge in [-0.1, -0.05) is 0 Å². The summed E-state index contributed by atoms with van der Waals surface area (Å²) in [6.45, 7) is 3.81. The van der Waals surface area contributed by atoms with Gasteiger partial charge in [-0.2, -0.15) is 0 Å². The summed E-state index contributed by atoms with van der Waals surface area (Å²) in [6.07, 6.45) is 1.02. The number of hydrogen-bond donors (Lipinski definition) is 3. The summed E-state index contributed by atoms with van der Waals surface area (Å²) in [5.41, 5.74) is 5.60. The topological polar surface area (TPSA) is 87.5 Å². The molecule has 0 aromatic carbocycles. The lowest BCUT2D eigenvalue weighted by Gasteiger charge is -2.19. The van der Waals surface area contributed by atoms with Crippen LogP contribution in [0.15, 0.2) is 0 Å². The Hall–Kier alpha value is -0.850. The summed E-state index contributed by atoms with van der Waals surface area (Å²) < 4.78 is 0. The summed E-state index contributed by atoms with van der Waals surface area (Å²) >= 11 is 0. The van der Waals surface area contributed by atoms with Crippen molar-refractivity contribution in [2.75, 3.05) is 26.7 Å². The maximum absolute atomic E-state index is 11.5. The molecule has 3 amide bonds. The maximum atomic E-state index is 11.5. The number of halogens is 1. The molecule has 1 heterocycles. The lowest BCUT2D eigenvalue weighted by molar-refractivity contribution is -0.121. The smallest absolute Gasteiger partial charge is 0.321 e. The van der Waals surface area contributed by atoms with Gasteiger partial charge in [0.25, 0.3) is 0 Å². The van der Waals surface area contributed by atoms with Crippen molar-refractivity contribution in [2.24, 2.45) is 11.7 Å². The third kappa shape index (κ3) is 4.89. The van der Waals surface area contributed by atoms with Gasteiger partial charge in [-0.15, -0.1) is 12.4 Å². The molecule has 4 N–H and O–H groups in total. The minimum Gasteiger partial charge on any atom is -0.341 e. The Morgan fingerprint density at radius 1 is 1.47 bits per heavy atom. The number of rotatable bonds is 3. The average molecular weight is 265 g/mol. The molecule has 100 valence electrons. The van der Waals surface area contributed by atoms with E-state index in [0.29, 0.717) is 18.5 Å². The van der Waals surface area contributed by atoms with E-state index in [9.17, 15) is 9.59 Å². The molecule has 0 saturated carbocycles. The van der Waals surface area contributed by atoms with Gasteiger partial charge in [0.05, 0.1) is 6.54 Å². The van der Waals surface area contributed by atoms with E-state index in [1.807, 2.05) is 0 Å². The molecular weight excluding hydrogens is 244 g/mol. The van der Waals surface area contributed by atoms with Gasteiger partial charge in [-0.3, -0.25) is 15.0 Å². The van der Waals surface area contributed by atoms with Gasteiger partial charge < -0.3 is 11.1 Å². The molecule has 1 saturated heterocycles. The molecule has 7 heteroatoms. The molecular formula is C10H21ClN4O2. The van der Waals surface area contributed by atoms with Crippen molar-refractivity contribution in [2.45, 2.75) is 19.4 Å². The SMILES string of the molecule is CNC(=O)NC(=O)CN1CC(CN)CC1C.Cl. The first-order valence-electron chi connectivity index (χ1n) is 5.52. The van der Waals surface area contributed by atoms with E-state index < -0.39 is 6.03 Å². The molecule has 17 heavy (non-hydrogen) atoms. The molecule has 0 radical (unpaired) electrons. The molecule has 0 aromatic heterocycles. The minimum atomic E-state index is -0.466. The van der Waals surface area contributed by atoms with E-state index in [1.165, 1.54) is 7.05 Å². The second-order valence-electron chi connectivity index (χ2n) is 4.24. The van der Waals surface area contributed by atoms with Crippen molar-refractivity contribution >= 4 is 24.3 Å². The Morgan fingerprint density at radius 2 is 2.12 bits per heavy atom. The van der Waals surface area contributed by atoms with Crippen molar-refractivity contribution < 1.29 is 9.59 Å². The summed E-state index contributed by atoms with van der Waals surface area (Å²) in [7, 11) is 1.48. The van der Waals surface area contributed by atoms with Crippen LogP contribution in [0.4, 0.5) is 4.79 Å². The number of urea groups is 1. The number of amides is 3. The Kier molecular flexibility index (Phi) is 7.10. The predicted octanol–water partition coefficient (Wildman–Crippen LogP) is -0.467. The van der Waals surface area contributed by atoms with Gasteiger partial charge >= 0.3 is 6.03 Å². The van der Waals surface area contributed by atoms with Crippen LogP contribution in [-0.4, -0.2) is 49.6 Å². The number of imide groups is 1. The van der Waals surface area contributed by atoms with Crippen LogP contribution in [0.5, 0.6) is 0 Å². The molecule has 0 spiro atoms. The zero-order valence-corrected chi connectivity index (χ0v) is 11.0. The zero-order chi connectivity index (χ0) is 12.1. The third-order valence-electron chi connectivity index (χ3n) is 2.95. The van der Waals surface area contributed by atoms with Crippen molar-refractivity contribution in [1.29, 1.82) is 0 Å². The second-order valence-corrected chi connectivity index (χ2v) is 4.24. The molecule has 6 nitrogen and oxygen atoms in total. The first kappa shape index (κ1) is 16.1. The molecule has 1 aliphatic heterocycles. The van der Waals surface area contributed by atoms with Crippen molar-refractivity contribution in [3.05, 3.63) is 0 Å². The Balaban J connectivity index is 0.00000256. The van der Waals surface area contributed by atoms with E-state index in [0.717, 1.165) is 13.0 Å². The fourth-order valence-corrected chi connectivity index (χ4v) is 2.02. The summed E-state index contributed by atoms with van der Waals surface area (Å²) in [6, 6.07) is -0.115. The summed E-state index contributed by atoms with van der Waals surface area (Å²) in [4.78, 5) is 24.4. The van der Waals surface area contributed by atoms with Crippen LogP contribution in [-0.2, 0) is 4.79 Å². The molecule has 1 aliphatic rings.